The van der Waals surface area contributed by atoms with Gasteiger partial charge in [-0.15, -0.1) is 0 Å². The molecule has 1 N–H and O–H groups in total. The molecule has 1 aromatic heterocycles. The van der Waals surface area contributed by atoms with Crippen molar-refractivity contribution in [3.63, 3.8) is 0 Å². The molecule has 1 aliphatic heterocycles. The van der Waals surface area contributed by atoms with Crippen LogP contribution in [0.1, 0.15) is 5.56 Å². The Balaban J connectivity index is 1.75. The van der Waals surface area contributed by atoms with Gasteiger partial charge in [-0.25, -0.2) is 9.67 Å². The van der Waals surface area contributed by atoms with Crippen LogP contribution in [-0.4, -0.2) is 45.8 Å². The minimum atomic E-state index is 0.707. The SMILES string of the molecule is Clc1cc(CN2CCNCC2)ccc1-n1cncn1. The zero-order valence-electron chi connectivity index (χ0n) is 10.6. The summed E-state index contributed by atoms with van der Waals surface area (Å²) < 4.78 is 1.68. The largest absolute Gasteiger partial charge is 0.314 e. The third kappa shape index (κ3) is 2.94. The van der Waals surface area contributed by atoms with Crippen molar-refractivity contribution in [1.82, 2.24) is 25.0 Å². The molecule has 19 heavy (non-hydrogen) atoms. The van der Waals surface area contributed by atoms with Gasteiger partial charge in [-0.1, -0.05) is 17.7 Å². The van der Waals surface area contributed by atoms with Crippen molar-refractivity contribution in [3.05, 3.63) is 41.4 Å². The maximum atomic E-state index is 6.32. The van der Waals surface area contributed by atoms with Crippen LogP contribution >= 0.6 is 11.6 Å². The van der Waals surface area contributed by atoms with Crippen LogP contribution in [0.2, 0.25) is 5.02 Å². The topological polar surface area (TPSA) is 46.0 Å². The molecule has 100 valence electrons. The third-order valence-corrected chi connectivity index (χ3v) is 3.60. The average Bonchev–Trinajstić information content (AvgIpc) is 2.94. The van der Waals surface area contributed by atoms with Crippen LogP contribution in [0.4, 0.5) is 0 Å². The van der Waals surface area contributed by atoms with Gasteiger partial charge in [-0.2, -0.15) is 5.10 Å². The molecular formula is C13H16ClN5. The molecule has 0 spiro atoms. The van der Waals surface area contributed by atoms with Crippen molar-refractivity contribution in [2.24, 2.45) is 0 Å². The first-order valence-corrected chi connectivity index (χ1v) is 6.77. The Kier molecular flexibility index (Phi) is 3.77. The van der Waals surface area contributed by atoms with Crippen LogP contribution in [0.3, 0.4) is 0 Å². The lowest BCUT2D eigenvalue weighted by atomic mass is 10.2. The number of piperazine rings is 1. The van der Waals surface area contributed by atoms with E-state index in [2.05, 4.69) is 26.4 Å². The standard InChI is InChI=1S/C13H16ClN5/c14-12-7-11(8-18-5-3-15-4-6-18)1-2-13(12)19-10-16-9-17-19/h1-2,7,9-10,15H,3-6,8H2. The molecule has 1 fully saturated rings. The molecule has 3 rings (SSSR count). The highest BCUT2D eigenvalue weighted by atomic mass is 35.5. The van der Waals surface area contributed by atoms with Crippen molar-refractivity contribution >= 4 is 11.6 Å². The normalized spacial score (nSPS) is 16.7. The first-order chi connectivity index (χ1) is 9.33. The molecule has 0 saturated carbocycles. The van der Waals surface area contributed by atoms with Gasteiger partial charge in [0.25, 0.3) is 0 Å². The first-order valence-electron chi connectivity index (χ1n) is 6.39. The van der Waals surface area contributed by atoms with Crippen molar-refractivity contribution in [3.8, 4) is 5.69 Å². The van der Waals surface area contributed by atoms with Crippen LogP contribution in [0.5, 0.6) is 0 Å². The fourth-order valence-corrected chi connectivity index (χ4v) is 2.58. The minimum absolute atomic E-state index is 0.707. The van der Waals surface area contributed by atoms with Gasteiger partial charge in [-0.05, 0) is 17.7 Å². The summed E-state index contributed by atoms with van der Waals surface area (Å²) in [5.41, 5.74) is 2.10. The molecule has 6 heteroatoms. The maximum absolute atomic E-state index is 6.32. The van der Waals surface area contributed by atoms with Gasteiger partial charge in [0, 0.05) is 32.7 Å². The Morgan fingerprint density at radius 1 is 1.26 bits per heavy atom. The molecule has 1 aliphatic rings. The lowest BCUT2D eigenvalue weighted by Crippen LogP contribution is -2.42. The summed E-state index contributed by atoms with van der Waals surface area (Å²) in [6.45, 7) is 5.24. The molecule has 0 atom stereocenters. The Morgan fingerprint density at radius 3 is 2.79 bits per heavy atom. The molecule has 2 heterocycles. The highest BCUT2D eigenvalue weighted by molar-refractivity contribution is 6.32. The van der Waals surface area contributed by atoms with Gasteiger partial charge in [0.1, 0.15) is 12.7 Å². The Hall–Kier alpha value is -1.43. The second-order valence-electron chi connectivity index (χ2n) is 4.65. The monoisotopic (exact) mass is 277 g/mol. The summed E-state index contributed by atoms with van der Waals surface area (Å²) in [4.78, 5) is 6.36. The summed E-state index contributed by atoms with van der Waals surface area (Å²) >= 11 is 6.32. The van der Waals surface area contributed by atoms with E-state index in [0.717, 1.165) is 38.4 Å². The van der Waals surface area contributed by atoms with E-state index in [1.165, 1.54) is 11.9 Å². The number of hydrogen-bond acceptors (Lipinski definition) is 4. The number of nitrogens with one attached hydrogen (secondary N) is 1. The van der Waals surface area contributed by atoms with E-state index >= 15 is 0 Å². The fourth-order valence-electron chi connectivity index (χ4n) is 2.29. The molecule has 0 bridgehead atoms. The van der Waals surface area contributed by atoms with Crippen molar-refractivity contribution in [2.75, 3.05) is 26.2 Å². The molecule has 0 aliphatic carbocycles. The van der Waals surface area contributed by atoms with Gasteiger partial charge in [0.15, 0.2) is 0 Å². The smallest absolute Gasteiger partial charge is 0.138 e. The number of aromatic nitrogens is 3. The molecule has 2 aromatic rings. The Morgan fingerprint density at radius 2 is 2.11 bits per heavy atom. The number of rotatable bonds is 3. The molecule has 0 radical (unpaired) electrons. The van der Waals surface area contributed by atoms with Crippen molar-refractivity contribution < 1.29 is 0 Å². The first kappa shape index (κ1) is 12.6. The molecule has 1 aromatic carbocycles. The van der Waals surface area contributed by atoms with E-state index in [1.54, 1.807) is 11.0 Å². The van der Waals surface area contributed by atoms with E-state index in [4.69, 9.17) is 11.6 Å². The summed E-state index contributed by atoms with van der Waals surface area (Å²) in [5, 5.41) is 8.15. The number of benzene rings is 1. The summed E-state index contributed by atoms with van der Waals surface area (Å²) in [5.74, 6) is 0. The van der Waals surface area contributed by atoms with Gasteiger partial charge < -0.3 is 5.32 Å². The second kappa shape index (κ2) is 5.69. The zero-order valence-corrected chi connectivity index (χ0v) is 11.3. The van der Waals surface area contributed by atoms with E-state index in [-0.39, 0.29) is 0 Å². The van der Waals surface area contributed by atoms with Gasteiger partial charge in [0.2, 0.25) is 0 Å². The van der Waals surface area contributed by atoms with Crippen LogP contribution in [0.15, 0.2) is 30.9 Å². The molecule has 0 amide bonds. The Bertz CT molecular complexity index is 534. The number of hydrogen-bond donors (Lipinski definition) is 1. The van der Waals surface area contributed by atoms with E-state index < -0.39 is 0 Å². The summed E-state index contributed by atoms with van der Waals surface area (Å²) in [7, 11) is 0. The predicted molar refractivity (Wildman–Crippen MR) is 74.5 cm³/mol. The number of nitrogens with zero attached hydrogens (tertiary/aromatic N) is 4. The molecule has 5 nitrogen and oxygen atoms in total. The lowest BCUT2D eigenvalue weighted by molar-refractivity contribution is 0.233. The van der Waals surface area contributed by atoms with Crippen LogP contribution in [0, 0.1) is 0 Å². The van der Waals surface area contributed by atoms with E-state index in [0.29, 0.717) is 5.02 Å². The van der Waals surface area contributed by atoms with Crippen LogP contribution in [0.25, 0.3) is 5.69 Å². The zero-order chi connectivity index (χ0) is 13.1. The third-order valence-electron chi connectivity index (χ3n) is 3.29. The highest BCUT2D eigenvalue weighted by Crippen LogP contribution is 2.21. The molecule has 1 saturated heterocycles. The van der Waals surface area contributed by atoms with Gasteiger partial charge in [0.05, 0.1) is 10.7 Å². The highest BCUT2D eigenvalue weighted by Gasteiger charge is 2.11. The van der Waals surface area contributed by atoms with E-state index in [9.17, 15) is 0 Å². The Labute approximate surface area is 117 Å². The second-order valence-corrected chi connectivity index (χ2v) is 5.06. The maximum Gasteiger partial charge on any atom is 0.138 e. The minimum Gasteiger partial charge on any atom is -0.314 e. The average molecular weight is 278 g/mol. The quantitative estimate of drug-likeness (QED) is 0.919. The van der Waals surface area contributed by atoms with Crippen LogP contribution < -0.4 is 5.32 Å². The predicted octanol–water partition coefficient (Wildman–Crippen LogP) is 1.33. The summed E-state index contributed by atoms with van der Waals surface area (Å²) in [6.07, 6.45) is 3.15. The van der Waals surface area contributed by atoms with E-state index in [1.807, 2.05) is 12.1 Å². The van der Waals surface area contributed by atoms with Crippen molar-refractivity contribution in [1.29, 1.82) is 0 Å². The van der Waals surface area contributed by atoms with Gasteiger partial charge in [-0.3, -0.25) is 4.90 Å². The molecule has 0 unspecified atom stereocenters. The fraction of sp³-hybridized carbons (Fsp3) is 0.385. The molecular weight excluding hydrogens is 262 g/mol. The van der Waals surface area contributed by atoms with Crippen molar-refractivity contribution in [2.45, 2.75) is 6.54 Å². The summed E-state index contributed by atoms with van der Waals surface area (Å²) in [6, 6.07) is 6.11. The lowest BCUT2D eigenvalue weighted by Gasteiger charge is -2.27. The van der Waals surface area contributed by atoms with Gasteiger partial charge >= 0.3 is 0 Å². The number of halogens is 1. The van der Waals surface area contributed by atoms with Crippen LogP contribution in [-0.2, 0) is 6.54 Å².